The molecule has 0 unspecified atom stereocenters. The first-order valence-corrected chi connectivity index (χ1v) is 10.6. The molecule has 0 aromatic heterocycles. The number of benzene rings is 2. The van der Waals surface area contributed by atoms with Crippen LogP contribution in [-0.4, -0.2) is 42.6 Å². The Morgan fingerprint density at radius 1 is 0.875 bits per heavy atom. The minimum atomic E-state index is -0.602. The van der Waals surface area contributed by atoms with Gasteiger partial charge in [-0.3, -0.25) is 9.59 Å². The molecule has 0 aliphatic rings. The summed E-state index contributed by atoms with van der Waals surface area (Å²) in [5.41, 5.74) is 0.848. The lowest BCUT2D eigenvalue weighted by atomic mass is 10.1. The molecule has 0 aliphatic carbocycles. The number of rotatable bonds is 10. The fourth-order valence-electron chi connectivity index (χ4n) is 2.36. The molecule has 0 fully saturated rings. The van der Waals surface area contributed by atoms with Gasteiger partial charge in [0.05, 0.1) is 5.56 Å². The van der Waals surface area contributed by atoms with E-state index in [-0.39, 0.29) is 37.1 Å². The Morgan fingerprint density at radius 2 is 1.56 bits per heavy atom. The van der Waals surface area contributed by atoms with Crippen molar-refractivity contribution in [2.45, 2.75) is 37.0 Å². The second-order valence-corrected chi connectivity index (χ2v) is 7.60. The quantitative estimate of drug-likeness (QED) is 0.131. The monoisotopic (exact) mass is 457 g/mol. The molecular weight excluding hydrogens is 434 g/mol. The predicted molar refractivity (Wildman–Crippen MR) is 118 cm³/mol. The van der Waals surface area contributed by atoms with Gasteiger partial charge < -0.3 is 14.3 Å². The fraction of sp³-hybridized carbons (Fsp3) is 0.261. The van der Waals surface area contributed by atoms with Gasteiger partial charge in [0, 0.05) is 28.7 Å². The minimum Gasteiger partial charge on any atom is -0.462 e. The Morgan fingerprint density at radius 3 is 2.22 bits per heavy atom. The van der Waals surface area contributed by atoms with Crippen molar-refractivity contribution >= 4 is 41.2 Å². The molecule has 8 nitrogen and oxygen atoms in total. The van der Waals surface area contributed by atoms with Crippen molar-refractivity contribution in [3.05, 3.63) is 59.7 Å². The summed E-state index contributed by atoms with van der Waals surface area (Å²) in [6.45, 7) is 4.35. The summed E-state index contributed by atoms with van der Waals surface area (Å²) in [5, 5.41) is 3.50. The first-order chi connectivity index (χ1) is 15.3. The van der Waals surface area contributed by atoms with Gasteiger partial charge in [0.15, 0.2) is 0 Å². The van der Waals surface area contributed by atoms with E-state index in [4.69, 9.17) is 9.47 Å². The Kier molecular flexibility index (Phi) is 9.62. The van der Waals surface area contributed by atoms with Crippen LogP contribution in [0.2, 0.25) is 0 Å². The van der Waals surface area contributed by atoms with Gasteiger partial charge in [-0.1, -0.05) is 29.9 Å². The molecule has 168 valence electrons. The second-order valence-electron chi connectivity index (χ2n) is 6.45. The third-order valence-electron chi connectivity index (χ3n) is 3.93. The molecule has 0 atom stereocenters. The van der Waals surface area contributed by atoms with Crippen molar-refractivity contribution in [2.75, 3.05) is 13.2 Å². The van der Waals surface area contributed by atoms with Crippen LogP contribution < -0.4 is 0 Å². The maximum atomic E-state index is 12.3. The van der Waals surface area contributed by atoms with Crippen LogP contribution in [0.4, 0.5) is 0 Å². The van der Waals surface area contributed by atoms with Crippen LogP contribution in [0.1, 0.15) is 47.9 Å². The molecule has 0 saturated carbocycles. The Labute approximate surface area is 189 Å². The van der Waals surface area contributed by atoms with Gasteiger partial charge in [0.2, 0.25) is 5.78 Å². The summed E-state index contributed by atoms with van der Waals surface area (Å²) in [7, 11) is 0. The number of hydrogen-bond donors (Lipinski definition) is 0. The molecule has 2 aromatic rings. The fourth-order valence-corrected chi connectivity index (χ4v) is 3.23. The van der Waals surface area contributed by atoms with Crippen LogP contribution in [0.5, 0.6) is 0 Å². The van der Waals surface area contributed by atoms with Gasteiger partial charge in [-0.2, -0.15) is 0 Å². The van der Waals surface area contributed by atoms with E-state index in [2.05, 4.69) is 9.99 Å². The Hall–Kier alpha value is -3.46. The van der Waals surface area contributed by atoms with Gasteiger partial charge in [-0.15, -0.1) is 0 Å². The summed E-state index contributed by atoms with van der Waals surface area (Å²) in [4.78, 5) is 52.5. The van der Waals surface area contributed by atoms with Crippen LogP contribution >= 0.6 is 11.8 Å². The number of carbonyl (C=O) groups excluding carboxylic acids is 4. The van der Waals surface area contributed by atoms with Crippen molar-refractivity contribution in [1.82, 2.24) is 0 Å². The molecule has 0 spiro atoms. The molecular formula is C23H23NO7S. The number of Topliss-reactive ketones (excluding diaryl/α,β-unsaturated/α-hetero) is 1. The predicted octanol–water partition coefficient (Wildman–Crippen LogP) is 4.07. The number of esters is 2. The summed E-state index contributed by atoms with van der Waals surface area (Å²) in [6.07, 6.45) is 0.268. The lowest BCUT2D eigenvalue weighted by molar-refractivity contribution is -0.144. The maximum absolute atomic E-state index is 12.3. The average molecular weight is 458 g/mol. The van der Waals surface area contributed by atoms with Gasteiger partial charge in [0.25, 0.3) is 0 Å². The Balaban J connectivity index is 1.96. The number of ketones is 1. The second kappa shape index (κ2) is 12.4. The van der Waals surface area contributed by atoms with E-state index < -0.39 is 11.9 Å². The highest BCUT2D eigenvalue weighted by Crippen LogP contribution is 2.28. The van der Waals surface area contributed by atoms with Crippen molar-refractivity contribution in [1.29, 1.82) is 0 Å². The zero-order valence-electron chi connectivity index (χ0n) is 18.0. The summed E-state index contributed by atoms with van der Waals surface area (Å²) >= 11 is 1.41. The summed E-state index contributed by atoms with van der Waals surface area (Å²) in [5.74, 6) is -1.81. The molecule has 0 N–H and O–H groups in total. The van der Waals surface area contributed by atoms with Crippen molar-refractivity contribution in [2.24, 2.45) is 5.16 Å². The molecule has 0 aliphatic heterocycles. The van der Waals surface area contributed by atoms with E-state index in [1.54, 1.807) is 49.4 Å². The first-order valence-electron chi connectivity index (χ1n) is 9.77. The molecule has 0 saturated heterocycles. The highest BCUT2D eigenvalue weighted by Gasteiger charge is 2.12. The smallest absolute Gasteiger partial charge is 0.338 e. The normalized spacial score (nSPS) is 10.9. The van der Waals surface area contributed by atoms with Gasteiger partial charge in [0.1, 0.15) is 18.9 Å². The van der Waals surface area contributed by atoms with Crippen molar-refractivity contribution in [3.8, 4) is 0 Å². The van der Waals surface area contributed by atoms with E-state index in [0.717, 1.165) is 9.79 Å². The average Bonchev–Trinajstić information content (AvgIpc) is 2.80. The minimum absolute atomic E-state index is 0.0163. The third kappa shape index (κ3) is 7.99. The van der Waals surface area contributed by atoms with E-state index in [9.17, 15) is 19.2 Å². The molecule has 0 bridgehead atoms. The van der Waals surface area contributed by atoms with E-state index in [1.165, 1.54) is 25.6 Å². The number of ether oxygens (including phenoxy) is 2. The highest BCUT2D eigenvalue weighted by atomic mass is 32.2. The molecule has 0 amide bonds. The number of carbonyl (C=O) groups is 4. The molecule has 9 heteroatoms. The molecule has 32 heavy (non-hydrogen) atoms. The zero-order chi connectivity index (χ0) is 23.5. The SMILES string of the molecule is CCC(=O)OCCOC(=O)c1cccc(Sc2ccc(C(=O)/C(C)=N/OC(C)=O)cc2)c1. The van der Waals surface area contributed by atoms with Crippen LogP contribution in [0.3, 0.4) is 0 Å². The van der Waals surface area contributed by atoms with Crippen LogP contribution in [0.25, 0.3) is 0 Å². The van der Waals surface area contributed by atoms with Crippen molar-refractivity contribution in [3.63, 3.8) is 0 Å². The summed E-state index contributed by atoms with van der Waals surface area (Å²) < 4.78 is 9.99. The van der Waals surface area contributed by atoms with Crippen LogP contribution in [0.15, 0.2) is 63.5 Å². The molecule has 0 heterocycles. The van der Waals surface area contributed by atoms with Crippen LogP contribution in [0, 0.1) is 0 Å². The largest absolute Gasteiger partial charge is 0.462 e. The van der Waals surface area contributed by atoms with E-state index in [0.29, 0.717) is 11.1 Å². The Bertz CT molecular complexity index is 1020. The number of hydrogen-bond acceptors (Lipinski definition) is 9. The van der Waals surface area contributed by atoms with Gasteiger partial charge >= 0.3 is 17.9 Å². The van der Waals surface area contributed by atoms with Crippen LogP contribution in [-0.2, 0) is 23.9 Å². The molecule has 0 radical (unpaired) electrons. The van der Waals surface area contributed by atoms with Gasteiger partial charge in [-0.25, -0.2) is 9.59 Å². The van der Waals surface area contributed by atoms with E-state index >= 15 is 0 Å². The molecule has 2 aromatic carbocycles. The van der Waals surface area contributed by atoms with Crippen molar-refractivity contribution < 1.29 is 33.5 Å². The number of nitrogens with zero attached hydrogens (tertiary/aromatic N) is 1. The topological polar surface area (TPSA) is 108 Å². The number of oxime groups is 1. The lowest BCUT2D eigenvalue weighted by Crippen LogP contribution is -2.13. The van der Waals surface area contributed by atoms with Gasteiger partial charge in [-0.05, 0) is 49.4 Å². The maximum Gasteiger partial charge on any atom is 0.338 e. The summed E-state index contributed by atoms with van der Waals surface area (Å²) in [6, 6.07) is 13.7. The standard InChI is InChI=1S/C23H23NO7S/c1-4-21(26)29-12-13-30-23(28)18-6-5-7-20(14-18)32-19-10-8-17(9-11-19)22(27)15(2)24-31-16(3)25/h5-11,14H,4,12-13H2,1-3H3/b24-15+. The molecule has 2 rings (SSSR count). The lowest BCUT2D eigenvalue weighted by Gasteiger charge is -2.07. The highest BCUT2D eigenvalue weighted by molar-refractivity contribution is 7.99. The first kappa shape index (κ1) is 24.8. The van der Waals surface area contributed by atoms with E-state index in [1.807, 2.05) is 6.07 Å². The zero-order valence-corrected chi connectivity index (χ0v) is 18.8. The third-order valence-corrected chi connectivity index (χ3v) is 4.93.